The second-order valence-corrected chi connectivity index (χ2v) is 13.1. The van der Waals surface area contributed by atoms with Crippen LogP contribution in [0.5, 0.6) is 28.7 Å². The molecule has 56 heavy (non-hydrogen) atoms. The molecule has 0 saturated carbocycles. The molecule has 3 aromatic rings. The maximum atomic E-state index is 13.4. The third-order valence-electron chi connectivity index (χ3n) is 9.31. The van der Waals surface area contributed by atoms with Crippen LogP contribution in [0.1, 0.15) is 30.0 Å². The lowest BCUT2D eigenvalue weighted by atomic mass is 9.86. The Morgan fingerprint density at radius 1 is 0.768 bits per heavy atom. The Kier molecular flexibility index (Phi) is 14.7. The Morgan fingerprint density at radius 3 is 2.09 bits per heavy atom. The minimum atomic E-state index is -1.75. The van der Waals surface area contributed by atoms with Crippen molar-refractivity contribution in [3.8, 4) is 28.7 Å². The number of aliphatic hydroxyl groups excluding tert-OH is 5. The zero-order chi connectivity index (χ0) is 40.4. The van der Waals surface area contributed by atoms with Crippen LogP contribution in [-0.2, 0) is 52.5 Å². The van der Waals surface area contributed by atoms with Crippen LogP contribution in [0.4, 0.5) is 0 Å². The minimum absolute atomic E-state index is 0.0143. The number of carbonyl (C=O) groups is 2. The van der Waals surface area contributed by atoms with Crippen LogP contribution >= 0.6 is 0 Å². The lowest BCUT2D eigenvalue weighted by molar-refractivity contribution is -0.327. The predicted molar refractivity (Wildman–Crippen MR) is 194 cm³/mol. The molecule has 16 heteroatoms. The Morgan fingerprint density at radius 2 is 1.43 bits per heavy atom. The van der Waals surface area contributed by atoms with E-state index in [2.05, 4.69) is 0 Å². The number of phenols is 3. The summed E-state index contributed by atoms with van der Waals surface area (Å²) in [6, 6.07) is 15.9. The number of phenolic OH excluding ortho intramolecular Hbond substituents is 3. The molecule has 1 saturated heterocycles. The summed E-state index contributed by atoms with van der Waals surface area (Å²) in [5, 5.41) is 79.5. The van der Waals surface area contributed by atoms with E-state index in [1.807, 2.05) is 0 Å². The Balaban J connectivity index is 1.26. The smallest absolute Gasteiger partial charge is 0.337 e. The van der Waals surface area contributed by atoms with Gasteiger partial charge in [-0.3, -0.25) is 4.79 Å². The molecular weight excluding hydrogens is 736 g/mol. The molecule has 0 aromatic heterocycles. The highest BCUT2D eigenvalue weighted by Crippen LogP contribution is 2.37. The number of rotatable bonds is 16. The van der Waals surface area contributed by atoms with Crippen molar-refractivity contribution in [1.29, 1.82) is 0 Å². The fourth-order valence-corrected chi connectivity index (χ4v) is 6.16. The number of hydrogen-bond donors (Lipinski definition) is 8. The summed E-state index contributed by atoms with van der Waals surface area (Å²) in [4.78, 5) is 26.8. The Bertz CT molecular complexity index is 1860. The number of hydrogen-bond acceptors (Lipinski definition) is 16. The van der Waals surface area contributed by atoms with Gasteiger partial charge in [-0.15, -0.1) is 0 Å². The molecule has 0 aliphatic carbocycles. The van der Waals surface area contributed by atoms with Crippen LogP contribution in [0.3, 0.4) is 0 Å². The van der Waals surface area contributed by atoms with Crippen molar-refractivity contribution in [1.82, 2.24) is 0 Å². The number of aliphatic hydroxyl groups is 5. The third-order valence-corrected chi connectivity index (χ3v) is 9.31. The topological polar surface area (TPSA) is 251 Å². The van der Waals surface area contributed by atoms with Crippen molar-refractivity contribution in [2.45, 2.75) is 69.6 Å². The molecule has 2 heterocycles. The predicted octanol–water partition coefficient (Wildman–Crippen LogP) is 2.01. The number of allylic oxidation sites excluding steroid dienone is 1. The first-order valence-electron chi connectivity index (χ1n) is 17.9. The Labute approximate surface area is 322 Å². The molecular formula is C40H46O16. The molecule has 16 nitrogen and oxygen atoms in total. The van der Waals surface area contributed by atoms with Gasteiger partial charge in [0.25, 0.3) is 0 Å². The van der Waals surface area contributed by atoms with Crippen molar-refractivity contribution in [2.24, 2.45) is 5.92 Å². The number of aromatic hydroxyl groups is 3. The summed E-state index contributed by atoms with van der Waals surface area (Å²) in [7, 11) is 0. The quantitative estimate of drug-likeness (QED) is 0.0588. The zero-order valence-corrected chi connectivity index (χ0v) is 30.5. The molecule has 0 amide bonds. The molecule has 3 aromatic carbocycles. The molecule has 5 rings (SSSR count). The molecule has 0 radical (unpaired) electrons. The summed E-state index contributed by atoms with van der Waals surface area (Å²) in [6.07, 6.45) is -6.23. The van der Waals surface area contributed by atoms with E-state index in [1.54, 1.807) is 49.4 Å². The average Bonchev–Trinajstić information content (AvgIpc) is 3.18. The van der Waals surface area contributed by atoms with E-state index in [1.165, 1.54) is 24.3 Å². The first-order chi connectivity index (χ1) is 26.9. The van der Waals surface area contributed by atoms with Crippen molar-refractivity contribution in [3.63, 3.8) is 0 Å². The van der Waals surface area contributed by atoms with Crippen LogP contribution in [0.15, 0.2) is 84.1 Å². The van der Waals surface area contributed by atoms with Gasteiger partial charge in [0.15, 0.2) is 29.3 Å². The van der Waals surface area contributed by atoms with Crippen LogP contribution in [0, 0.1) is 5.92 Å². The number of ether oxygens (including phenoxy) is 6. The van der Waals surface area contributed by atoms with Crippen molar-refractivity contribution in [2.75, 3.05) is 26.4 Å². The van der Waals surface area contributed by atoms with Crippen molar-refractivity contribution < 1.29 is 78.9 Å². The Hall–Kier alpha value is -5.20. The monoisotopic (exact) mass is 782 g/mol. The average molecular weight is 783 g/mol. The van der Waals surface area contributed by atoms with Crippen molar-refractivity contribution in [3.05, 3.63) is 101 Å². The number of benzene rings is 3. The van der Waals surface area contributed by atoms with Gasteiger partial charge >= 0.3 is 11.9 Å². The molecule has 302 valence electrons. The standard InChI is InChI=1S/C40H46O16/c1-2-26-27(19-34(46)51-15-12-24-6-10-30(44)32(18-24)54-25-7-3-22(4-8-25)11-14-41)28(38(50)52-16-13-23-5-9-29(43)31(45)17-23)21-53-39(26)56-40-37(49)36(48)35(47)33(20-42)55-40/h2-10,17-18,21,27,33,35-37,39-45,47-49H,11-16,19-20H2,1H3/t27-,33+,35+,36-,37+,39-,40-/m0/s1. The first kappa shape index (κ1) is 42.0. The van der Waals surface area contributed by atoms with E-state index in [-0.39, 0.29) is 73.2 Å². The SMILES string of the molecule is CC=C1[C@H](O[C@@H]2O[C@H](CO)[C@@H](O)[C@H](O)[C@H]2O)OC=C(C(=O)OCCc2ccc(O)c(O)c2)[C@H]1CC(=O)OCCc1ccc(O)c(Oc2ccc(CCO)cc2)c1. The first-order valence-corrected chi connectivity index (χ1v) is 17.9. The van der Waals surface area contributed by atoms with Gasteiger partial charge in [0.2, 0.25) is 6.29 Å². The normalized spacial score (nSPS) is 24.2. The summed E-state index contributed by atoms with van der Waals surface area (Å²) < 4.78 is 33.9. The van der Waals surface area contributed by atoms with Crippen LogP contribution in [-0.4, -0.2) is 116 Å². The third kappa shape index (κ3) is 10.6. The van der Waals surface area contributed by atoms with Gasteiger partial charge < -0.3 is 69.3 Å². The van der Waals surface area contributed by atoms with Gasteiger partial charge in [-0.25, -0.2) is 4.79 Å². The van der Waals surface area contributed by atoms with E-state index in [0.29, 0.717) is 23.3 Å². The fraction of sp³-hybridized carbons (Fsp3) is 0.400. The highest BCUT2D eigenvalue weighted by molar-refractivity contribution is 5.91. The summed E-state index contributed by atoms with van der Waals surface area (Å²) in [5.41, 5.74) is 2.35. The van der Waals surface area contributed by atoms with E-state index in [9.17, 15) is 45.3 Å². The maximum absolute atomic E-state index is 13.4. The summed E-state index contributed by atoms with van der Waals surface area (Å²) in [5.74, 6) is -2.66. The lowest BCUT2D eigenvalue weighted by Crippen LogP contribution is -2.60. The molecule has 2 aliphatic heterocycles. The van der Waals surface area contributed by atoms with Crippen LogP contribution in [0.25, 0.3) is 0 Å². The van der Waals surface area contributed by atoms with Gasteiger partial charge in [0.05, 0.1) is 38.1 Å². The number of esters is 2. The van der Waals surface area contributed by atoms with Gasteiger partial charge in [-0.1, -0.05) is 30.3 Å². The van der Waals surface area contributed by atoms with Gasteiger partial charge in [-0.05, 0) is 66.4 Å². The lowest BCUT2D eigenvalue weighted by Gasteiger charge is -2.42. The minimum Gasteiger partial charge on any atom is -0.504 e. The molecule has 1 fully saturated rings. The molecule has 0 spiro atoms. The van der Waals surface area contributed by atoms with Crippen molar-refractivity contribution >= 4 is 11.9 Å². The van der Waals surface area contributed by atoms with Gasteiger partial charge in [0.1, 0.15) is 30.2 Å². The van der Waals surface area contributed by atoms with E-state index < -0.39 is 61.5 Å². The molecule has 2 aliphatic rings. The fourth-order valence-electron chi connectivity index (χ4n) is 6.16. The van der Waals surface area contributed by atoms with E-state index >= 15 is 0 Å². The van der Waals surface area contributed by atoms with E-state index in [0.717, 1.165) is 11.8 Å². The molecule has 7 atom stereocenters. The number of carbonyl (C=O) groups excluding carboxylic acids is 2. The second kappa shape index (κ2) is 19.6. The second-order valence-electron chi connectivity index (χ2n) is 13.1. The highest BCUT2D eigenvalue weighted by atomic mass is 16.8. The molecule has 0 bridgehead atoms. The molecule has 8 N–H and O–H groups in total. The molecule has 0 unspecified atom stereocenters. The van der Waals surface area contributed by atoms with Gasteiger partial charge in [-0.2, -0.15) is 0 Å². The van der Waals surface area contributed by atoms with Crippen LogP contribution < -0.4 is 4.74 Å². The zero-order valence-electron chi connectivity index (χ0n) is 30.5. The highest BCUT2D eigenvalue weighted by Gasteiger charge is 2.47. The van der Waals surface area contributed by atoms with Gasteiger partial charge in [0, 0.05) is 30.9 Å². The maximum Gasteiger partial charge on any atom is 0.337 e. The largest absolute Gasteiger partial charge is 0.504 e. The summed E-state index contributed by atoms with van der Waals surface area (Å²) >= 11 is 0. The van der Waals surface area contributed by atoms with E-state index in [4.69, 9.17) is 33.5 Å². The van der Waals surface area contributed by atoms with Crippen LogP contribution in [0.2, 0.25) is 0 Å². The summed E-state index contributed by atoms with van der Waals surface area (Å²) in [6.45, 7) is 0.696.